The smallest absolute Gasteiger partial charge is 0.252 e. The zero-order chi connectivity index (χ0) is 27.0. The van der Waals surface area contributed by atoms with Crippen molar-refractivity contribution in [2.24, 2.45) is 0 Å². The van der Waals surface area contributed by atoms with Gasteiger partial charge in [-0.2, -0.15) is 0 Å². The van der Waals surface area contributed by atoms with Crippen LogP contribution in [0.15, 0.2) is 41.5 Å². The zero-order valence-corrected chi connectivity index (χ0v) is 22.2. The molecular formula is C28H34F2N6O2. The van der Waals surface area contributed by atoms with Crippen LogP contribution in [0.2, 0.25) is 0 Å². The highest BCUT2D eigenvalue weighted by Gasteiger charge is 2.26. The Morgan fingerprint density at radius 1 is 1.03 bits per heavy atom. The lowest BCUT2D eigenvalue weighted by atomic mass is 10.0. The zero-order valence-electron chi connectivity index (χ0n) is 22.2. The average molecular weight is 525 g/mol. The number of benzene rings is 1. The number of hydrogen-bond acceptors (Lipinski definition) is 7. The first-order valence-electron chi connectivity index (χ1n) is 13.2. The van der Waals surface area contributed by atoms with Gasteiger partial charge < -0.3 is 24.4 Å². The Kier molecular flexibility index (Phi) is 7.34. The van der Waals surface area contributed by atoms with Crippen molar-refractivity contribution in [1.82, 2.24) is 19.4 Å². The van der Waals surface area contributed by atoms with E-state index in [0.29, 0.717) is 30.6 Å². The summed E-state index contributed by atoms with van der Waals surface area (Å²) in [6, 6.07) is 6.98. The molecular weight excluding hydrogens is 490 g/mol. The highest BCUT2D eigenvalue weighted by atomic mass is 19.1. The average Bonchev–Trinajstić information content (AvgIpc) is 2.89. The maximum atomic E-state index is 15.0. The van der Waals surface area contributed by atoms with Crippen LogP contribution >= 0.6 is 0 Å². The molecule has 4 heterocycles. The highest BCUT2D eigenvalue weighted by molar-refractivity contribution is 5.73. The van der Waals surface area contributed by atoms with E-state index in [1.54, 1.807) is 22.9 Å². The van der Waals surface area contributed by atoms with Crippen molar-refractivity contribution in [2.75, 3.05) is 36.5 Å². The Morgan fingerprint density at radius 2 is 1.79 bits per heavy atom. The summed E-state index contributed by atoms with van der Waals surface area (Å²) in [5.41, 5.74) is 1.19. The summed E-state index contributed by atoms with van der Waals surface area (Å²) >= 11 is 0. The molecule has 1 fully saturated rings. The van der Waals surface area contributed by atoms with Gasteiger partial charge in [0.1, 0.15) is 12.3 Å². The van der Waals surface area contributed by atoms with E-state index in [4.69, 9.17) is 4.74 Å². The number of hydrogen-bond donors (Lipinski definition) is 1. The van der Waals surface area contributed by atoms with Crippen molar-refractivity contribution in [3.05, 3.63) is 58.6 Å². The Balaban J connectivity index is 1.38. The van der Waals surface area contributed by atoms with Gasteiger partial charge in [0.25, 0.3) is 5.56 Å². The second kappa shape index (κ2) is 10.7. The topological polar surface area (TPSA) is 75.5 Å². The van der Waals surface area contributed by atoms with Gasteiger partial charge in [0.15, 0.2) is 17.4 Å². The quantitative estimate of drug-likeness (QED) is 0.488. The summed E-state index contributed by atoms with van der Waals surface area (Å²) in [4.78, 5) is 25.7. The van der Waals surface area contributed by atoms with E-state index in [-0.39, 0.29) is 40.6 Å². The maximum Gasteiger partial charge on any atom is 0.252 e. The predicted octanol–water partition coefficient (Wildman–Crippen LogP) is 4.98. The van der Waals surface area contributed by atoms with Crippen molar-refractivity contribution >= 4 is 17.3 Å². The molecule has 1 aromatic carbocycles. The fraction of sp³-hybridized carbons (Fsp3) is 0.464. The molecule has 10 heteroatoms. The van der Waals surface area contributed by atoms with Crippen molar-refractivity contribution in [3.63, 3.8) is 0 Å². The number of anilines is 3. The Hall–Kier alpha value is -3.53. The Labute approximate surface area is 221 Å². The van der Waals surface area contributed by atoms with Gasteiger partial charge >= 0.3 is 0 Å². The summed E-state index contributed by atoms with van der Waals surface area (Å²) in [5, 5.41) is 3.00. The first-order chi connectivity index (χ1) is 18.2. The molecule has 2 aliphatic rings. The van der Waals surface area contributed by atoms with Gasteiger partial charge in [-0.05, 0) is 58.7 Å². The number of nitrogens with zero attached hydrogens (tertiary/aromatic N) is 5. The number of rotatable bonds is 6. The molecule has 1 N–H and O–H groups in total. The van der Waals surface area contributed by atoms with Crippen LogP contribution in [-0.4, -0.2) is 57.8 Å². The van der Waals surface area contributed by atoms with E-state index in [1.807, 2.05) is 18.7 Å². The lowest BCUT2D eigenvalue weighted by Gasteiger charge is -2.35. The monoisotopic (exact) mass is 524 g/mol. The van der Waals surface area contributed by atoms with Crippen LogP contribution in [0.3, 0.4) is 0 Å². The lowest BCUT2D eigenvalue weighted by Crippen LogP contribution is -2.40. The fourth-order valence-corrected chi connectivity index (χ4v) is 5.28. The van der Waals surface area contributed by atoms with Crippen molar-refractivity contribution in [1.29, 1.82) is 0 Å². The second-order valence-electron chi connectivity index (χ2n) is 10.5. The van der Waals surface area contributed by atoms with Crippen molar-refractivity contribution < 1.29 is 13.5 Å². The summed E-state index contributed by atoms with van der Waals surface area (Å²) in [7, 11) is 0. The standard InChI is InChI=1S/C28H34F2N6O2/c1-17(2)34-8-6-21(7-9-34)36-10-5-20(15-25(36)37)32-28-31-16-23(30)26(33-28)19-13-22(29)27-24(14-19)35(18(3)4)11-12-38-27/h5,10,13-18,21H,6-9,11-12H2,1-4H3,(H,31,32,33). The highest BCUT2D eigenvalue weighted by Crippen LogP contribution is 2.39. The first-order valence-corrected chi connectivity index (χ1v) is 13.2. The molecule has 3 aromatic rings. The van der Waals surface area contributed by atoms with Crippen LogP contribution in [0.25, 0.3) is 11.3 Å². The maximum absolute atomic E-state index is 15.0. The summed E-state index contributed by atoms with van der Waals surface area (Å²) in [5.74, 6) is -0.972. The lowest BCUT2D eigenvalue weighted by molar-refractivity contribution is 0.150. The van der Waals surface area contributed by atoms with Crippen LogP contribution in [0.1, 0.15) is 46.6 Å². The predicted molar refractivity (Wildman–Crippen MR) is 144 cm³/mol. The third-order valence-electron chi connectivity index (χ3n) is 7.38. The molecule has 5 rings (SSSR count). The largest absolute Gasteiger partial charge is 0.486 e. The molecule has 0 spiro atoms. The normalized spacial score (nSPS) is 16.6. The summed E-state index contributed by atoms with van der Waals surface area (Å²) < 4.78 is 37.1. The van der Waals surface area contributed by atoms with Crippen LogP contribution < -0.4 is 20.5 Å². The minimum atomic E-state index is -0.675. The molecule has 0 unspecified atom stereocenters. The van der Waals surface area contributed by atoms with Gasteiger partial charge in [0, 0.05) is 54.7 Å². The number of ether oxygens (including phenoxy) is 1. The van der Waals surface area contributed by atoms with E-state index in [0.717, 1.165) is 32.1 Å². The van der Waals surface area contributed by atoms with E-state index in [9.17, 15) is 13.6 Å². The van der Waals surface area contributed by atoms with E-state index >= 15 is 0 Å². The number of aromatic nitrogens is 3. The van der Waals surface area contributed by atoms with Crippen molar-refractivity contribution in [2.45, 2.75) is 58.7 Å². The van der Waals surface area contributed by atoms with Gasteiger partial charge in [-0.25, -0.2) is 18.7 Å². The number of nitrogens with one attached hydrogen (secondary N) is 1. The Bertz CT molecular complexity index is 1370. The van der Waals surface area contributed by atoms with Gasteiger partial charge in [-0.15, -0.1) is 0 Å². The number of halogens is 2. The Morgan fingerprint density at radius 3 is 2.47 bits per heavy atom. The number of piperidine rings is 1. The van der Waals surface area contributed by atoms with Crippen LogP contribution in [0, 0.1) is 11.6 Å². The molecule has 2 aromatic heterocycles. The summed E-state index contributed by atoms with van der Waals surface area (Å²) in [6.45, 7) is 11.3. The van der Waals surface area contributed by atoms with Crippen molar-refractivity contribution in [3.8, 4) is 17.0 Å². The second-order valence-corrected chi connectivity index (χ2v) is 10.5. The van der Waals surface area contributed by atoms with Crippen LogP contribution in [0.5, 0.6) is 5.75 Å². The molecule has 38 heavy (non-hydrogen) atoms. The molecule has 0 bridgehead atoms. The molecule has 2 aliphatic heterocycles. The first kappa shape index (κ1) is 26.1. The SMILES string of the molecule is CC(C)N1CCC(n2ccc(Nc3ncc(F)c(-c4cc(F)c5c(c4)N(C(C)C)CCO5)n3)cc2=O)CC1. The molecule has 0 amide bonds. The van der Waals surface area contributed by atoms with Gasteiger partial charge in [0.05, 0.1) is 18.4 Å². The van der Waals surface area contributed by atoms with E-state index in [2.05, 4.69) is 34.0 Å². The molecule has 0 aliphatic carbocycles. The third kappa shape index (κ3) is 5.22. The number of fused-ring (bicyclic) bond motifs is 1. The van der Waals surface area contributed by atoms with E-state index in [1.165, 1.54) is 12.1 Å². The fourth-order valence-electron chi connectivity index (χ4n) is 5.28. The van der Waals surface area contributed by atoms with Crippen LogP contribution in [0.4, 0.5) is 26.1 Å². The third-order valence-corrected chi connectivity index (χ3v) is 7.38. The minimum Gasteiger partial charge on any atom is -0.486 e. The minimum absolute atomic E-state index is 0.0382. The molecule has 1 saturated heterocycles. The molecule has 0 atom stereocenters. The van der Waals surface area contributed by atoms with Crippen LogP contribution in [-0.2, 0) is 0 Å². The molecule has 0 saturated carbocycles. The van der Waals surface area contributed by atoms with Gasteiger partial charge in [0.2, 0.25) is 5.95 Å². The van der Waals surface area contributed by atoms with Gasteiger partial charge in [-0.3, -0.25) is 4.79 Å². The summed E-state index contributed by atoms with van der Waals surface area (Å²) in [6.07, 6.45) is 4.67. The number of likely N-dealkylation sites (tertiary alicyclic amines) is 1. The molecule has 8 nitrogen and oxygen atoms in total. The molecule has 0 radical (unpaired) electrons. The van der Waals surface area contributed by atoms with E-state index < -0.39 is 11.6 Å². The molecule has 202 valence electrons. The van der Waals surface area contributed by atoms with Gasteiger partial charge in [-0.1, -0.05) is 0 Å². The number of pyridine rings is 1.